The highest BCUT2D eigenvalue weighted by atomic mass is 32.2. The van der Waals surface area contributed by atoms with Gasteiger partial charge in [0.1, 0.15) is 6.04 Å². The number of rotatable bonds is 5. The van der Waals surface area contributed by atoms with E-state index in [1.165, 1.54) is 6.42 Å². The first-order valence-electron chi connectivity index (χ1n) is 6.66. The van der Waals surface area contributed by atoms with Gasteiger partial charge in [0.15, 0.2) is 5.17 Å². The Hall–Kier alpha value is -0.710. The second-order valence-electron chi connectivity index (χ2n) is 5.54. The predicted molar refractivity (Wildman–Crippen MR) is 79.0 cm³/mol. The zero-order valence-corrected chi connectivity index (χ0v) is 12.8. The maximum atomic E-state index is 11.8. The number of carbonyl (C=O) groups is 1. The van der Waals surface area contributed by atoms with Gasteiger partial charge in [-0.25, -0.2) is 0 Å². The van der Waals surface area contributed by atoms with Gasteiger partial charge in [-0.2, -0.15) is 0 Å². The van der Waals surface area contributed by atoms with Crippen LogP contribution in [0.4, 0.5) is 0 Å². The number of hydrogen-bond acceptors (Lipinski definition) is 4. The van der Waals surface area contributed by atoms with Crippen molar-refractivity contribution in [3.8, 4) is 0 Å². The van der Waals surface area contributed by atoms with Crippen molar-refractivity contribution in [2.45, 2.75) is 58.4 Å². The van der Waals surface area contributed by atoms with Gasteiger partial charge >= 0.3 is 0 Å². The molecule has 0 aromatic rings. The van der Waals surface area contributed by atoms with Crippen LogP contribution in [-0.4, -0.2) is 35.0 Å². The molecule has 1 rings (SSSR count). The zero-order valence-electron chi connectivity index (χ0n) is 12.0. The van der Waals surface area contributed by atoms with E-state index >= 15 is 0 Å². The number of hydrogen-bond donors (Lipinski definition) is 2. The molecule has 1 heterocycles. The average molecular weight is 271 g/mol. The molecule has 4 nitrogen and oxygen atoms in total. The first kappa shape index (κ1) is 15.3. The molecule has 18 heavy (non-hydrogen) atoms. The summed E-state index contributed by atoms with van der Waals surface area (Å²) in [5, 5.41) is 7.55. The number of amidine groups is 1. The first-order valence-corrected chi connectivity index (χ1v) is 7.54. The molecule has 1 amide bonds. The SMILES string of the molecule is CC(C)CC1CN=C(NC(C)C(=O)NC(C)C)S1. The lowest BCUT2D eigenvalue weighted by atomic mass is 10.1. The zero-order chi connectivity index (χ0) is 13.7. The normalized spacial score (nSPS) is 21.1. The molecular weight excluding hydrogens is 246 g/mol. The third kappa shape index (κ3) is 5.29. The van der Waals surface area contributed by atoms with Crippen LogP contribution in [0.3, 0.4) is 0 Å². The summed E-state index contributed by atoms with van der Waals surface area (Å²) in [6.45, 7) is 11.1. The van der Waals surface area contributed by atoms with Gasteiger partial charge in [-0.05, 0) is 33.1 Å². The molecule has 0 radical (unpaired) electrons. The Labute approximate surface area is 114 Å². The number of thioether (sulfide) groups is 1. The molecule has 0 saturated carbocycles. The molecule has 0 saturated heterocycles. The van der Waals surface area contributed by atoms with Gasteiger partial charge in [0, 0.05) is 11.3 Å². The van der Waals surface area contributed by atoms with Crippen LogP contribution < -0.4 is 10.6 Å². The summed E-state index contributed by atoms with van der Waals surface area (Å²) < 4.78 is 0. The van der Waals surface area contributed by atoms with Crippen molar-refractivity contribution < 1.29 is 4.79 Å². The summed E-state index contributed by atoms with van der Waals surface area (Å²) in [5.41, 5.74) is 0. The van der Waals surface area contributed by atoms with E-state index in [4.69, 9.17) is 0 Å². The van der Waals surface area contributed by atoms with E-state index in [9.17, 15) is 4.79 Å². The fraction of sp³-hybridized carbons (Fsp3) is 0.846. The first-order chi connectivity index (χ1) is 8.38. The molecule has 0 aromatic heterocycles. The van der Waals surface area contributed by atoms with Crippen molar-refractivity contribution in [3.63, 3.8) is 0 Å². The van der Waals surface area contributed by atoms with E-state index in [2.05, 4.69) is 29.5 Å². The van der Waals surface area contributed by atoms with Crippen LogP contribution in [0.2, 0.25) is 0 Å². The van der Waals surface area contributed by atoms with Crippen LogP contribution in [0.15, 0.2) is 4.99 Å². The standard InChI is InChI=1S/C13H25N3OS/c1-8(2)6-11-7-14-13(18-11)16-10(5)12(17)15-9(3)4/h8-11H,6-7H2,1-5H3,(H,14,16)(H,15,17). The van der Waals surface area contributed by atoms with Gasteiger partial charge in [-0.3, -0.25) is 9.79 Å². The highest BCUT2D eigenvalue weighted by molar-refractivity contribution is 8.14. The lowest BCUT2D eigenvalue weighted by Gasteiger charge is -2.17. The molecule has 0 spiro atoms. The van der Waals surface area contributed by atoms with Crippen LogP contribution in [0.5, 0.6) is 0 Å². The van der Waals surface area contributed by atoms with Crippen molar-refractivity contribution in [2.24, 2.45) is 10.9 Å². The van der Waals surface area contributed by atoms with Crippen molar-refractivity contribution in [3.05, 3.63) is 0 Å². The van der Waals surface area contributed by atoms with Gasteiger partial charge < -0.3 is 10.6 Å². The van der Waals surface area contributed by atoms with E-state index in [1.54, 1.807) is 11.8 Å². The smallest absolute Gasteiger partial charge is 0.242 e. The maximum absolute atomic E-state index is 11.8. The van der Waals surface area contributed by atoms with Gasteiger partial charge in [0.25, 0.3) is 0 Å². The molecule has 2 atom stereocenters. The lowest BCUT2D eigenvalue weighted by molar-refractivity contribution is -0.122. The van der Waals surface area contributed by atoms with Crippen LogP contribution >= 0.6 is 11.8 Å². The molecule has 5 heteroatoms. The second-order valence-corrected chi connectivity index (χ2v) is 6.83. The van der Waals surface area contributed by atoms with Crippen molar-refractivity contribution in [1.82, 2.24) is 10.6 Å². The Morgan fingerprint density at radius 1 is 1.39 bits per heavy atom. The van der Waals surface area contributed by atoms with Gasteiger partial charge in [0.05, 0.1) is 6.54 Å². The summed E-state index contributed by atoms with van der Waals surface area (Å²) in [5.74, 6) is 0.722. The number of nitrogens with zero attached hydrogens (tertiary/aromatic N) is 1. The second kappa shape index (κ2) is 7.02. The summed E-state index contributed by atoms with van der Waals surface area (Å²) >= 11 is 1.76. The topological polar surface area (TPSA) is 53.5 Å². The molecule has 2 N–H and O–H groups in total. The highest BCUT2D eigenvalue weighted by Gasteiger charge is 2.23. The summed E-state index contributed by atoms with van der Waals surface area (Å²) in [7, 11) is 0. The van der Waals surface area contributed by atoms with Gasteiger partial charge in [-0.1, -0.05) is 25.6 Å². The van der Waals surface area contributed by atoms with Crippen LogP contribution in [0, 0.1) is 5.92 Å². The molecule has 0 aliphatic carbocycles. The van der Waals surface area contributed by atoms with E-state index in [0.717, 1.165) is 11.7 Å². The average Bonchev–Trinajstić information content (AvgIpc) is 2.63. The van der Waals surface area contributed by atoms with E-state index in [-0.39, 0.29) is 18.0 Å². The summed E-state index contributed by atoms with van der Waals surface area (Å²) in [6.07, 6.45) is 1.17. The molecule has 0 bridgehead atoms. The fourth-order valence-corrected chi connectivity index (χ4v) is 3.15. The molecule has 1 aliphatic heterocycles. The minimum Gasteiger partial charge on any atom is -0.353 e. The Bertz CT molecular complexity index is 315. The molecule has 1 aliphatic rings. The monoisotopic (exact) mass is 271 g/mol. The predicted octanol–water partition coefficient (Wildman–Crippen LogP) is 2.01. The maximum Gasteiger partial charge on any atom is 0.242 e. The van der Waals surface area contributed by atoms with E-state index in [1.807, 2.05) is 20.8 Å². The van der Waals surface area contributed by atoms with Crippen molar-refractivity contribution >= 4 is 22.8 Å². The number of nitrogens with one attached hydrogen (secondary N) is 2. The Balaban J connectivity index is 2.34. The molecule has 0 fully saturated rings. The quantitative estimate of drug-likeness (QED) is 0.804. The lowest BCUT2D eigenvalue weighted by Crippen LogP contribution is -2.46. The van der Waals surface area contributed by atoms with Crippen LogP contribution in [0.1, 0.15) is 41.0 Å². The van der Waals surface area contributed by atoms with Gasteiger partial charge in [0.2, 0.25) is 5.91 Å². The third-order valence-electron chi connectivity index (χ3n) is 2.62. The molecule has 104 valence electrons. The molecular formula is C13H25N3OS. The molecule has 2 unspecified atom stereocenters. The minimum atomic E-state index is -0.226. The molecule has 0 aromatic carbocycles. The van der Waals surface area contributed by atoms with Crippen molar-refractivity contribution in [1.29, 1.82) is 0 Å². The Kier molecular flexibility index (Phi) is 5.99. The number of carbonyl (C=O) groups excluding carboxylic acids is 1. The number of aliphatic imine (C=N–C) groups is 1. The third-order valence-corrected chi connectivity index (χ3v) is 3.76. The Morgan fingerprint density at radius 3 is 2.61 bits per heavy atom. The van der Waals surface area contributed by atoms with Gasteiger partial charge in [-0.15, -0.1) is 0 Å². The fourth-order valence-electron chi connectivity index (χ4n) is 1.81. The largest absolute Gasteiger partial charge is 0.353 e. The number of amides is 1. The summed E-state index contributed by atoms with van der Waals surface area (Å²) in [4.78, 5) is 16.2. The van der Waals surface area contributed by atoms with Crippen LogP contribution in [-0.2, 0) is 4.79 Å². The Morgan fingerprint density at radius 2 is 2.06 bits per heavy atom. The summed E-state index contributed by atoms with van der Waals surface area (Å²) in [6, 6.07) is -0.0509. The van der Waals surface area contributed by atoms with Crippen LogP contribution in [0.25, 0.3) is 0 Å². The minimum absolute atomic E-state index is 0.0283. The van der Waals surface area contributed by atoms with Crippen molar-refractivity contribution in [2.75, 3.05) is 6.54 Å². The van der Waals surface area contributed by atoms with E-state index in [0.29, 0.717) is 11.2 Å². The highest BCUT2D eigenvalue weighted by Crippen LogP contribution is 2.25. The van der Waals surface area contributed by atoms with E-state index < -0.39 is 0 Å².